The van der Waals surface area contributed by atoms with Gasteiger partial charge in [0.1, 0.15) is 24.6 Å². The van der Waals surface area contributed by atoms with E-state index in [-0.39, 0.29) is 19.6 Å². The Morgan fingerprint density at radius 2 is 1.64 bits per heavy atom. The number of methoxy groups -OCH3 is 1. The first kappa shape index (κ1) is 22.3. The van der Waals surface area contributed by atoms with Gasteiger partial charge in [-0.15, -0.1) is 0 Å². The fraction of sp³-hybridized carbons (Fsp3) is 0.429. The first-order valence-corrected chi connectivity index (χ1v) is 9.09. The summed E-state index contributed by atoms with van der Waals surface area (Å²) in [5.41, 5.74) is 2.04. The van der Waals surface area contributed by atoms with Crippen LogP contribution in [0.5, 0.6) is 5.75 Å². The van der Waals surface area contributed by atoms with Crippen molar-refractivity contribution in [3.05, 3.63) is 65.7 Å². The third-order valence-electron chi connectivity index (χ3n) is 4.33. The second-order valence-corrected chi connectivity index (χ2v) is 6.39. The molecule has 1 heterocycles. The van der Waals surface area contributed by atoms with Gasteiger partial charge < -0.3 is 34.6 Å². The predicted molar refractivity (Wildman–Crippen MR) is 103 cm³/mol. The van der Waals surface area contributed by atoms with Crippen molar-refractivity contribution in [2.24, 2.45) is 0 Å². The summed E-state index contributed by atoms with van der Waals surface area (Å²) in [7, 11) is 1.45. The summed E-state index contributed by atoms with van der Waals surface area (Å²) in [5, 5.41) is 36.2. The molecule has 4 N–H and O–H groups in total. The zero-order valence-corrected chi connectivity index (χ0v) is 15.8. The van der Waals surface area contributed by atoms with Gasteiger partial charge in [-0.05, 0) is 23.3 Å². The van der Waals surface area contributed by atoms with E-state index in [1.165, 1.54) is 7.11 Å². The van der Waals surface area contributed by atoms with Gasteiger partial charge in [0.05, 0.1) is 19.3 Å². The van der Waals surface area contributed by atoms with Crippen molar-refractivity contribution in [1.29, 1.82) is 0 Å². The Morgan fingerprint density at radius 3 is 2.21 bits per heavy atom. The summed E-state index contributed by atoms with van der Waals surface area (Å²) < 4.78 is 15.5. The minimum atomic E-state index is -1.03. The van der Waals surface area contributed by atoms with Crippen LogP contribution in [0.2, 0.25) is 0 Å². The topological polar surface area (TPSA) is 109 Å². The number of aliphatic hydroxyl groups excluding tert-OH is 4. The molecule has 0 spiro atoms. The lowest BCUT2D eigenvalue weighted by molar-refractivity contribution is -0.248. The standard InChI is InChI=1S/C14H14O2.C7H14O5/c15-10-12-6-8-14(9-7-12)16-11-13-4-2-1-3-5-13;1-11-6-2-4(9)7(10)5(3-8)12-6/h1-9,15H,10-11H2;4-10H,2-3H2,1H3/t;4?,5?,6-,7-/m.0/s1. The van der Waals surface area contributed by atoms with Crippen LogP contribution in [-0.4, -0.2) is 58.7 Å². The molecule has 1 fully saturated rings. The molecule has 1 aliphatic rings. The molecule has 1 saturated heterocycles. The maximum absolute atomic E-state index is 9.26. The number of ether oxygens (including phenoxy) is 3. The summed E-state index contributed by atoms with van der Waals surface area (Å²) in [6.07, 6.45) is -2.98. The molecule has 2 unspecified atom stereocenters. The maximum Gasteiger partial charge on any atom is 0.160 e. The predicted octanol–water partition coefficient (Wildman–Crippen LogP) is 1.22. The Balaban J connectivity index is 0.000000209. The molecule has 4 atom stereocenters. The molecule has 0 aliphatic carbocycles. The summed E-state index contributed by atoms with van der Waals surface area (Å²) in [5.74, 6) is 0.820. The molecule has 28 heavy (non-hydrogen) atoms. The molecular formula is C21H28O7. The Labute approximate surface area is 164 Å². The first-order chi connectivity index (χ1) is 13.6. The summed E-state index contributed by atoms with van der Waals surface area (Å²) in [4.78, 5) is 0. The van der Waals surface area contributed by atoms with Crippen LogP contribution >= 0.6 is 0 Å². The minimum absolute atomic E-state index is 0.0684. The van der Waals surface area contributed by atoms with Crippen LogP contribution in [0.1, 0.15) is 17.5 Å². The summed E-state index contributed by atoms with van der Waals surface area (Å²) >= 11 is 0. The average molecular weight is 392 g/mol. The Hall–Kier alpha value is -2.00. The van der Waals surface area contributed by atoms with E-state index in [9.17, 15) is 10.2 Å². The third kappa shape index (κ3) is 6.87. The Kier molecular flexibility index (Phi) is 9.36. The molecule has 0 bridgehead atoms. The number of aliphatic hydroxyl groups is 4. The number of hydrogen-bond donors (Lipinski definition) is 4. The molecule has 2 aromatic rings. The second-order valence-electron chi connectivity index (χ2n) is 6.39. The van der Waals surface area contributed by atoms with Crippen molar-refractivity contribution < 1.29 is 34.6 Å². The molecule has 0 radical (unpaired) electrons. The van der Waals surface area contributed by atoms with Crippen molar-refractivity contribution in [2.75, 3.05) is 13.7 Å². The Morgan fingerprint density at radius 1 is 0.964 bits per heavy atom. The molecule has 2 aromatic carbocycles. The smallest absolute Gasteiger partial charge is 0.160 e. The lowest BCUT2D eigenvalue weighted by Gasteiger charge is -2.35. The summed E-state index contributed by atoms with van der Waals surface area (Å²) in [6.45, 7) is 0.316. The average Bonchev–Trinajstić information content (AvgIpc) is 2.75. The van der Waals surface area contributed by atoms with E-state index < -0.39 is 24.6 Å². The normalized spacial score (nSPS) is 24.2. The van der Waals surface area contributed by atoms with Gasteiger partial charge in [-0.2, -0.15) is 0 Å². The molecule has 0 amide bonds. The largest absolute Gasteiger partial charge is 0.489 e. The van der Waals surface area contributed by atoms with E-state index in [2.05, 4.69) is 0 Å². The van der Waals surface area contributed by atoms with Gasteiger partial charge >= 0.3 is 0 Å². The molecule has 1 aliphatic heterocycles. The van der Waals surface area contributed by atoms with E-state index in [0.29, 0.717) is 6.61 Å². The fourth-order valence-electron chi connectivity index (χ4n) is 2.65. The maximum atomic E-state index is 9.26. The Bertz CT molecular complexity index is 662. The highest BCUT2D eigenvalue weighted by Crippen LogP contribution is 2.20. The lowest BCUT2D eigenvalue weighted by atomic mass is 10.0. The van der Waals surface area contributed by atoms with Crippen LogP contribution in [0.15, 0.2) is 54.6 Å². The number of benzene rings is 2. The number of hydrogen-bond acceptors (Lipinski definition) is 7. The van der Waals surface area contributed by atoms with Gasteiger partial charge in [0, 0.05) is 13.5 Å². The first-order valence-electron chi connectivity index (χ1n) is 9.09. The monoisotopic (exact) mass is 392 g/mol. The van der Waals surface area contributed by atoms with Gasteiger partial charge in [-0.1, -0.05) is 42.5 Å². The van der Waals surface area contributed by atoms with Crippen LogP contribution in [-0.2, 0) is 22.7 Å². The molecule has 7 heteroatoms. The quantitative estimate of drug-likeness (QED) is 0.585. The zero-order chi connectivity index (χ0) is 20.4. The van der Waals surface area contributed by atoms with Gasteiger partial charge in [0.15, 0.2) is 6.29 Å². The van der Waals surface area contributed by atoms with E-state index in [1.807, 2.05) is 54.6 Å². The van der Waals surface area contributed by atoms with Crippen LogP contribution in [0, 0.1) is 0 Å². The highest BCUT2D eigenvalue weighted by molar-refractivity contribution is 5.27. The van der Waals surface area contributed by atoms with Crippen molar-refractivity contribution in [2.45, 2.75) is 44.2 Å². The van der Waals surface area contributed by atoms with E-state index >= 15 is 0 Å². The number of rotatable bonds is 6. The summed E-state index contributed by atoms with van der Waals surface area (Å²) in [6, 6.07) is 17.5. The highest BCUT2D eigenvalue weighted by Gasteiger charge is 2.36. The molecule has 7 nitrogen and oxygen atoms in total. The SMILES string of the molecule is CO[C@@H]1CC(O)[C@H](O)C(CO)O1.OCc1ccc(OCc2ccccc2)cc1. The van der Waals surface area contributed by atoms with Crippen LogP contribution < -0.4 is 4.74 Å². The zero-order valence-electron chi connectivity index (χ0n) is 15.8. The van der Waals surface area contributed by atoms with Crippen molar-refractivity contribution in [3.63, 3.8) is 0 Å². The third-order valence-corrected chi connectivity index (χ3v) is 4.33. The molecule has 154 valence electrons. The molecule has 0 saturated carbocycles. The van der Waals surface area contributed by atoms with Crippen LogP contribution in [0.4, 0.5) is 0 Å². The fourth-order valence-corrected chi connectivity index (χ4v) is 2.65. The van der Waals surface area contributed by atoms with Crippen LogP contribution in [0.25, 0.3) is 0 Å². The molecule has 0 aromatic heterocycles. The van der Waals surface area contributed by atoms with E-state index in [1.54, 1.807) is 0 Å². The van der Waals surface area contributed by atoms with Gasteiger partial charge in [0.2, 0.25) is 0 Å². The van der Waals surface area contributed by atoms with Gasteiger partial charge in [0.25, 0.3) is 0 Å². The minimum Gasteiger partial charge on any atom is -0.489 e. The van der Waals surface area contributed by atoms with Gasteiger partial charge in [-0.3, -0.25) is 0 Å². The van der Waals surface area contributed by atoms with Crippen molar-refractivity contribution in [3.8, 4) is 5.75 Å². The van der Waals surface area contributed by atoms with Crippen molar-refractivity contribution in [1.82, 2.24) is 0 Å². The van der Waals surface area contributed by atoms with Gasteiger partial charge in [-0.25, -0.2) is 0 Å². The second kappa shape index (κ2) is 11.8. The lowest BCUT2D eigenvalue weighted by Crippen LogP contribution is -2.50. The molecular weight excluding hydrogens is 364 g/mol. The molecule has 3 rings (SSSR count). The van der Waals surface area contributed by atoms with Crippen LogP contribution in [0.3, 0.4) is 0 Å². The van der Waals surface area contributed by atoms with E-state index in [4.69, 9.17) is 24.4 Å². The van der Waals surface area contributed by atoms with E-state index in [0.717, 1.165) is 16.9 Å². The van der Waals surface area contributed by atoms with Crippen molar-refractivity contribution >= 4 is 0 Å². The highest BCUT2D eigenvalue weighted by atomic mass is 16.7.